The number of hydrogen-bond donors (Lipinski definition) is 1. The molecule has 1 N–H and O–H groups in total. The maximum atomic E-state index is 11.8. The van der Waals surface area contributed by atoms with Crippen molar-refractivity contribution in [2.75, 3.05) is 7.11 Å². The first-order valence-corrected chi connectivity index (χ1v) is 19.5. The van der Waals surface area contributed by atoms with Crippen molar-refractivity contribution in [3.05, 3.63) is 166 Å². The highest BCUT2D eigenvalue weighted by Gasteiger charge is 2.16. The zero-order chi connectivity index (χ0) is 42.0. The van der Waals surface area contributed by atoms with Gasteiger partial charge in [0, 0.05) is 34.3 Å². The average Bonchev–Trinajstić information content (AvgIpc) is 3.88. The number of carbonyl (C=O) groups is 2. The molecule has 0 saturated heterocycles. The van der Waals surface area contributed by atoms with Gasteiger partial charge in [-0.1, -0.05) is 70.0 Å². The summed E-state index contributed by atoms with van der Waals surface area (Å²) in [6.45, 7) is 1.04. The van der Waals surface area contributed by atoms with Crippen LogP contribution in [0.25, 0.3) is 66.6 Å². The monoisotopic (exact) mass is 844 g/mol. The molecule has 0 amide bonds. The lowest BCUT2D eigenvalue weighted by Gasteiger charge is -2.07. The van der Waals surface area contributed by atoms with Gasteiger partial charge >= 0.3 is 11.9 Å². The highest BCUT2D eigenvalue weighted by Crippen LogP contribution is 2.28. The first-order chi connectivity index (χ1) is 29.7. The van der Waals surface area contributed by atoms with E-state index in [2.05, 4.69) is 42.7 Å². The van der Waals surface area contributed by atoms with E-state index in [-0.39, 0.29) is 10.6 Å². The Balaban J connectivity index is 0.000000156. The predicted octanol–water partition coefficient (Wildman–Crippen LogP) is 8.97. The number of hydrogen-bond acceptors (Lipinski definition) is 11. The average molecular weight is 846 g/mol. The Hall–Kier alpha value is -7.68. The number of rotatable bonds is 8. The molecule has 0 aliphatic rings. The minimum Gasteiger partial charge on any atom is -0.478 e. The fourth-order valence-corrected chi connectivity index (χ4v) is 7.35. The summed E-state index contributed by atoms with van der Waals surface area (Å²) in [4.78, 5) is 41.1. The smallest absolute Gasteiger partial charge is 0.339 e. The van der Waals surface area contributed by atoms with Gasteiger partial charge < -0.3 is 9.84 Å². The number of carboxylic acid groups (broad SMARTS) is 1. The van der Waals surface area contributed by atoms with Crippen molar-refractivity contribution in [2.45, 2.75) is 13.1 Å². The van der Waals surface area contributed by atoms with Crippen LogP contribution in [0, 0.1) is 0 Å². The zero-order valence-electron chi connectivity index (χ0n) is 32.0. The van der Waals surface area contributed by atoms with Gasteiger partial charge in [-0.15, -0.1) is 10.2 Å². The molecule has 61 heavy (non-hydrogen) atoms. The summed E-state index contributed by atoms with van der Waals surface area (Å²) in [6.07, 6.45) is 3.55. The highest BCUT2D eigenvalue weighted by molar-refractivity contribution is 6.34. The minimum absolute atomic E-state index is 0.0546. The molecule has 16 heteroatoms. The number of esters is 1. The number of carboxylic acids is 1. The van der Waals surface area contributed by atoms with Crippen LogP contribution in [0.15, 0.2) is 134 Å². The van der Waals surface area contributed by atoms with Crippen LogP contribution < -0.4 is 0 Å². The van der Waals surface area contributed by atoms with Crippen molar-refractivity contribution < 1.29 is 19.4 Å². The molecule has 14 nitrogen and oxygen atoms in total. The molecular formula is C45H30Cl2N10O4. The van der Waals surface area contributed by atoms with Crippen LogP contribution in [-0.4, -0.2) is 74.1 Å². The summed E-state index contributed by atoms with van der Waals surface area (Å²) in [5.74, 6) is -1.55. The lowest BCUT2D eigenvalue weighted by Crippen LogP contribution is -2.04. The fraction of sp³-hybridized carbons (Fsp3) is 0.0667. The molecular weight excluding hydrogens is 815 g/mol. The highest BCUT2D eigenvalue weighted by atomic mass is 35.5. The van der Waals surface area contributed by atoms with Crippen molar-refractivity contribution in [1.82, 2.24) is 49.9 Å². The summed E-state index contributed by atoms with van der Waals surface area (Å²) in [5.41, 5.74) is 9.92. The van der Waals surface area contributed by atoms with Gasteiger partial charge in [-0.3, -0.25) is 9.97 Å². The Morgan fingerprint density at radius 1 is 0.590 bits per heavy atom. The number of ether oxygens (including phenoxy) is 1. The van der Waals surface area contributed by atoms with E-state index < -0.39 is 11.9 Å². The van der Waals surface area contributed by atoms with Crippen LogP contribution in [-0.2, 0) is 17.8 Å². The van der Waals surface area contributed by atoms with E-state index in [1.54, 1.807) is 52.1 Å². The maximum absolute atomic E-state index is 11.8. The van der Waals surface area contributed by atoms with Gasteiger partial charge in [0.2, 0.25) is 0 Å². The molecule has 0 aliphatic heterocycles. The van der Waals surface area contributed by atoms with Crippen molar-refractivity contribution in [3.8, 4) is 22.5 Å². The summed E-state index contributed by atoms with van der Waals surface area (Å²) in [6, 6.07) is 37.3. The molecule has 10 rings (SSSR count). The van der Waals surface area contributed by atoms with Crippen molar-refractivity contribution in [2.24, 2.45) is 0 Å². The van der Waals surface area contributed by atoms with Crippen molar-refractivity contribution in [3.63, 3.8) is 0 Å². The van der Waals surface area contributed by atoms with Gasteiger partial charge in [-0.05, 0) is 96.1 Å². The van der Waals surface area contributed by atoms with E-state index in [1.165, 1.54) is 13.2 Å². The number of aromatic carboxylic acids is 1. The molecule has 0 atom stereocenters. The third kappa shape index (κ3) is 8.05. The van der Waals surface area contributed by atoms with Crippen molar-refractivity contribution in [1.29, 1.82) is 0 Å². The first kappa shape index (κ1) is 38.8. The van der Waals surface area contributed by atoms with Crippen LogP contribution in [0.1, 0.15) is 31.8 Å². The summed E-state index contributed by atoms with van der Waals surface area (Å²) in [7, 11) is 1.32. The maximum Gasteiger partial charge on any atom is 0.339 e. The van der Waals surface area contributed by atoms with Crippen molar-refractivity contribution >= 4 is 79.3 Å². The number of benzene rings is 4. The second-order valence-corrected chi connectivity index (χ2v) is 14.6. The standard InChI is InChI=1S/C23H16ClN5O2.C22H14ClN5O2/c1-31-23(30)17-6-5-16(12-18(17)24)20-8-9-21-22(26-20)29(28-27-21)13-14-4-7-19-15(11-14)3-2-10-25-19;23-17-11-15(4-5-16(17)22(29)30)19-7-8-20-21(25-19)28(27-26-20)12-13-3-6-18-14(10-13)2-1-9-24-18/h2-12H,13H2,1H3;1-11H,12H2,(H,29,30). The molecule has 298 valence electrons. The number of aromatic nitrogens is 10. The van der Waals surface area contributed by atoms with Crippen LogP contribution in [0.3, 0.4) is 0 Å². The number of methoxy groups -OCH3 is 1. The molecule has 0 spiro atoms. The van der Waals surface area contributed by atoms with E-state index in [9.17, 15) is 9.59 Å². The number of fused-ring (bicyclic) bond motifs is 4. The molecule has 0 bridgehead atoms. The Morgan fingerprint density at radius 3 is 1.52 bits per heavy atom. The lowest BCUT2D eigenvalue weighted by atomic mass is 10.1. The van der Waals surface area contributed by atoms with E-state index in [1.807, 2.05) is 72.8 Å². The minimum atomic E-state index is -1.07. The lowest BCUT2D eigenvalue weighted by molar-refractivity contribution is 0.0600. The molecule has 0 saturated carbocycles. The topological polar surface area (TPSA) is 177 Å². The van der Waals surface area contributed by atoms with Crippen LogP contribution in [0.4, 0.5) is 0 Å². The number of pyridine rings is 4. The van der Waals surface area contributed by atoms with Gasteiger partial charge in [0.05, 0.1) is 63.8 Å². The zero-order valence-corrected chi connectivity index (χ0v) is 33.5. The third-order valence-corrected chi connectivity index (χ3v) is 10.5. The van der Waals surface area contributed by atoms with Gasteiger partial charge in [0.1, 0.15) is 11.0 Å². The molecule has 0 radical (unpaired) electrons. The Bertz CT molecular complexity index is 3320. The van der Waals surface area contributed by atoms with Gasteiger partial charge in [-0.2, -0.15) is 0 Å². The molecule has 6 heterocycles. The predicted molar refractivity (Wildman–Crippen MR) is 232 cm³/mol. The molecule has 10 aromatic rings. The third-order valence-electron chi connectivity index (χ3n) is 9.88. The van der Waals surface area contributed by atoms with Gasteiger partial charge in [0.25, 0.3) is 0 Å². The van der Waals surface area contributed by atoms with Crippen LogP contribution in [0.2, 0.25) is 10.0 Å². The summed E-state index contributed by atoms with van der Waals surface area (Å²) >= 11 is 12.4. The van der Waals surface area contributed by atoms with E-state index in [0.717, 1.165) is 44.1 Å². The Kier molecular flexibility index (Phi) is 10.5. The Labute approximate surface area is 356 Å². The molecule has 6 aromatic heterocycles. The normalized spacial score (nSPS) is 11.2. The summed E-state index contributed by atoms with van der Waals surface area (Å²) in [5, 5.41) is 28.7. The summed E-state index contributed by atoms with van der Waals surface area (Å²) < 4.78 is 8.25. The number of halogens is 2. The number of nitrogens with zero attached hydrogens (tertiary/aromatic N) is 10. The molecule has 0 fully saturated rings. The SMILES string of the molecule is COC(=O)c1ccc(-c2ccc3nnn(Cc4ccc5ncccc5c4)c3n2)cc1Cl.O=C(O)c1ccc(-c2ccc3nnn(Cc4ccc5ncccc5c4)c3n2)cc1Cl. The van der Waals surface area contributed by atoms with Crippen LogP contribution in [0.5, 0.6) is 0 Å². The second-order valence-electron chi connectivity index (χ2n) is 13.8. The van der Waals surface area contributed by atoms with Gasteiger partial charge in [-0.25, -0.2) is 28.9 Å². The molecule has 0 unspecified atom stereocenters. The van der Waals surface area contributed by atoms with E-state index in [0.29, 0.717) is 57.4 Å². The first-order valence-electron chi connectivity index (χ1n) is 18.7. The van der Waals surface area contributed by atoms with E-state index >= 15 is 0 Å². The van der Waals surface area contributed by atoms with Gasteiger partial charge in [0.15, 0.2) is 11.3 Å². The largest absolute Gasteiger partial charge is 0.478 e. The quantitative estimate of drug-likeness (QED) is 0.144. The fourth-order valence-electron chi connectivity index (χ4n) is 6.83. The van der Waals surface area contributed by atoms with Crippen LogP contribution >= 0.6 is 23.2 Å². The number of carbonyl (C=O) groups excluding carboxylic acids is 1. The second kappa shape index (κ2) is 16.5. The van der Waals surface area contributed by atoms with E-state index in [4.69, 9.17) is 43.0 Å². The molecule has 4 aromatic carbocycles. The Morgan fingerprint density at radius 2 is 1.07 bits per heavy atom. The molecule has 0 aliphatic carbocycles.